The molecule has 1 rings (SSSR count). The van der Waals surface area contributed by atoms with Gasteiger partial charge >= 0.3 is 5.69 Å². The Labute approximate surface area is 103 Å². The van der Waals surface area contributed by atoms with Crippen LogP contribution in [0.1, 0.15) is 0 Å². The number of aliphatic hydroxyl groups excluding tert-OH is 1. The second-order valence-electron chi connectivity index (χ2n) is 3.40. The summed E-state index contributed by atoms with van der Waals surface area (Å²) < 4.78 is 4.90. The standard InChI is InChI=1S/C9H15N5O4/c1-18-5-3-13(2-4-15)8-7(14(16)17)6-11-9(10)12-8/h6,15H,2-5H2,1H3,(H2,10,11,12). The van der Waals surface area contributed by atoms with Crippen molar-refractivity contribution in [2.75, 3.05) is 44.0 Å². The lowest BCUT2D eigenvalue weighted by atomic mass is 10.4. The quantitative estimate of drug-likeness (QED) is 0.490. The number of rotatable bonds is 7. The van der Waals surface area contributed by atoms with E-state index in [4.69, 9.17) is 15.6 Å². The predicted molar refractivity (Wildman–Crippen MR) is 64.3 cm³/mol. The summed E-state index contributed by atoms with van der Waals surface area (Å²) in [4.78, 5) is 19.3. The summed E-state index contributed by atoms with van der Waals surface area (Å²) in [6.45, 7) is 0.737. The SMILES string of the molecule is COCCN(CCO)c1nc(N)ncc1[N+](=O)[O-]. The van der Waals surface area contributed by atoms with E-state index >= 15 is 0 Å². The molecule has 0 aliphatic heterocycles. The Morgan fingerprint density at radius 3 is 2.89 bits per heavy atom. The molecule has 0 fully saturated rings. The smallest absolute Gasteiger partial charge is 0.329 e. The lowest BCUT2D eigenvalue weighted by Gasteiger charge is -2.21. The Bertz CT molecular complexity index is 414. The minimum absolute atomic E-state index is 0.0593. The van der Waals surface area contributed by atoms with Gasteiger partial charge < -0.3 is 20.5 Å². The van der Waals surface area contributed by atoms with Gasteiger partial charge in [0.1, 0.15) is 6.20 Å². The maximum Gasteiger partial charge on any atom is 0.329 e. The van der Waals surface area contributed by atoms with Crippen LogP contribution in [0.5, 0.6) is 0 Å². The van der Waals surface area contributed by atoms with Gasteiger partial charge in [0, 0.05) is 20.2 Å². The van der Waals surface area contributed by atoms with Crippen LogP contribution >= 0.6 is 0 Å². The topological polar surface area (TPSA) is 128 Å². The number of methoxy groups -OCH3 is 1. The number of ether oxygens (including phenoxy) is 1. The molecule has 1 aromatic rings. The molecule has 100 valence electrons. The maximum absolute atomic E-state index is 10.9. The number of nitrogen functional groups attached to an aromatic ring is 1. The molecule has 3 N–H and O–H groups in total. The third-order valence-corrected chi connectivity index (χ3v) is 2.20. The summed E-state index contributed by atoms with van der Waals surface area (Å²) in [7, 11) is 1.51. The lowest BCUT2D eigenvalue weighted by molar-refractivity contribution is -0.384. The fourth-order valence-electron chi connectivity index (χ4n) is 1.39. The van der Waals surface area contributed by atoms with E-state index < -0.39 is 4.92 Å². The first-order valence-electron chi connectivity index (χ1n) is 5.21. The molecule has 9 heteroatoms. The van der Waals surface area contributed by atoms with Crippen molar-refractivity contribution in [3.05, 3.63) is 16.3 Å². The van der Waals surface area contributed by atoms with Crippen molar-refractivity contribution in [3.8, 4) is 0 Å². The van der Waals surface area contributed by atoms with E-state index in [1.54, 1.807) is 0 Å². The Morgan fingerprint density at radius 2 is 2.33 bits per heavy atom. The Balaban J connectivity index is 3.07. The third-order valence-electron chi connectivity index (χ3n) is 2.20. The molecule has 0 radical (unpaired) electrons. The first kappa shape index (κ1) is 14.1. The highest BCUT2D eigenvalue weighted by molar-refractivity contribution is 5.58. The highest BCUT2D eigenvalue weighted by atomic mass is 16.6. The van der Waals surface area contributed by atoms with Crippen LogP contribution in [0, 0.1) is 10.1 Å². The lowest BCUT2D eigenvalue weighted by Crippen LogP contribution is -2.31. The largest absolute Gasteiger partial charge is 0.395 e. The van der Waals surface area contributed by atoms with Crippen LogP contribution in [0.3, 0.4) is 0 Å². The summed E-state index contributed by atoms with van der Waals surface area (Å²) in [5.41, 5.74) is 5.17. The van der Waals surface area contributed by atoms with Crippen LogP contribution in [-0.4, -0.2) is 53.4 Å². The summed E-state index contributed by atoms with van der Waals surface area (Å²) in [6, 6.07) is 0. The van der Waals surface area contributed by atoms with Crippen molar-refractivity contribution in [2.45, 2.75) is 0 Å². The Morgan fingerprint density at radius 1 is 1.61 bits per heavy atom. The number of nitrogens with two attached hydrogens (primary N) is 1. The fraction of sp³-hybridized carbons (Fsp3) is 0.556. The number of anilines is 2. The number of hydrogen-bond acceptors (Lipinski definition) is 8. The van der Waals surface area contributed by atoms with Gasteiger partial charge in [0.05, 0.1) is 18.1 Å². The van der Waals surface area contributed by atoms with E-state index in [0.29, 0.717) is 13.2 Å². The second-order valence-corrected chi connectivity index (χ2v) is 3.40. The summed E-state index contributed by atoms with van der Waals surface area (Å²) in [5, 5.41) is 19.8. The van der Waals surface area contributed by atoms with Gasteiger partial charge in [-0.15, -0.1) is 0 Å². The van der Waals surface area contributed by atoms with Crippen LogP contribution < -0.4 is 10.6 Å². The van der Waals surface area contributed by atoms with E-state index in [1.807, 2.05) is 0 Å². The molecular formula is C9H15N5O4. The molecule has 0 aliphatic rings. The number of nitro groups is 1. The molecule has 0 atom stereocenters. The van der Waals surface area contributed by atoms with Crippen molar-refractivity contribution in [1.82, 2.24) is 9.97 Å². The monoisotopic (exact) mass is 257 g/mol. The van der Waals surface area contributed by atoms with Crippen molar-refractivity contribution in [3.63, 3.8) is 0 Å². The molecule has 0 aliphatic carbocycles. The first-order chi connectivity index (χ1) is 8.60. The van der Waals surface area contributed by atoms with Gasteiger partial charge in [-0.3, -0.25) is 10.1 Å². The van der Waals surface area contributed by atoms with Gasteiger partial charge in [0.2, 0.25) is 11.8 Å². The highest BCUT2D eigenvalue weighted by Crippen LogP contribution is 2.25. The van der Waals surface area contributed by atoms with Gasteiger partial charge in [0.25, 0.3) is 0 Å². The van der Waals surface area contributed by atoms with Crippen LogP contribution in [0.4, 0.5) is 17.5 Å². The maximum atomic E-state index is 10.9. The highest BCUT2D eigenvalue weighted by Gasteiger charge is 2.22. The molecule has 0 bridgehead atoms. The second kappa shape index (κ2) is 6.67. The zero-order chi connectivity index (χ0) is 13.5. The molecule has 0 amide bonds. The predicted octanol–water partition coefficient (Wildman–Crippen LogP) is -0.588. The number of aliphatic hydroxyl groups is 1. The third kappa shape index (κ3) is 3.50. The zero-order valence-corrected chi connectivity index (χ0v) is 9.94. The minimum atomic E-state index is -0.591. The Kier molecular flexibility index (Phi) is 5.21. The Hall–Kier alpha value is -2.00. The van der Waals surface area contributed by atoms with Crippen molar-refractivity contribution < 1.29 is 14.8 Å². The van der Waals surface area contributed by atoms with Gasteiger partial charge in [-0.2, -0.15) is 4.98 Å². The fourth-order valence-corrected chi connectivity index (χ4v) is 1.39. The average Bonchev–Trinajstić information content (AvgIpc) is 2.34. The minimum Gasteiger partial charge on any atom is -0.395 e. The summed E-state index contributed by atoms with van der Waals surface area (Å²) >= 11 is 0. The molecule has 1 heterocycles. The van der Waals surface area contributed by atoms with Gasteiger partial charge in [-0.05, 0) is 0 Å². The average molecular weight is 257 g/mol. The molecule has 18 heavy (non-hydrogen) atoms. The molecule has 0 saturated carbocycles. The van der Waals surface area contributed by atoms with Crippen molar-refractivity contribution >= 4 is 17.5 Å². The van der Waals surface area contributed by atoms with Gasteiger partial charge in [-0.25, -0.2) is 4.98 Å². The molecule has 0 aromatic carbocycles. The van der Waals surface area contributed by atoms with Crippen LogP contribution in [0.2, 0.25) is 0 Å². The van der Waals surface area contributed by atoms with Crippen molar-refractivity contribution in [2.24, 2.45) is 0 Å². The number of nitrogens with zero attached hydrogens (tertiary/aromatic N) is 4. The van der Waals surface area contributed by atoms with E-state index in [1.165, 1.54) is 12.0 Å². The van der Waals surface area contributed by atoms with Gasteiger partial charge in [-0.1, -0.05) is 0 Å². The van der Waals surface area contributed by atoms with Crippen LogP contribution in [-0.2, 0) is 4.74 Å². The van der Waals surface area contributed by atoms with E-state index in [2.05, 4.69) is 9.97 Å². The summed E-state index contributed by atoms with van der Waals surface area (Å²) in [6.07, 6.45) is 1.05. The van der Waals surface area contributed by atoms with E-state index in [-0.39, 0.29) is 30.6 Å². The first-order valence-corrected chi connectivity index (χ1v) is 5.21. The summed E-state index contributed by atoms with van der Waals surface area (Å²) in [5.74, 6) is 0.0227. The van der Waals surface area contributed by atoms with Gasteiger partial charge in [0.15, 0.2) is 0 Å². The van der Waals surface area contributed by atoms with E-state index in [0.717, 1.165) is 6.20 Å². The van der Waals surface area contributed by atoms with E-state index in [9.17, 15) is 10.1 Å². The molecule has 0 spiro atoms. The number of aromatic nitrogens is 2. The molecule has 9 nitrogen and oxygen atoms in total. The molecule has 1 aromatic heterocycles. The zero-order valence-electron chi connectivity index (χ0n) is 9.94. The molecular weight excluding hydrogens is 242 g/mol. The number of hydrogen-bond donors (Lipinski definition) is 2. The van der Waals surface area contributed by atoms with Crippen molar-refractivity contribution in [1.29, 1.82) is 0 Å². The van der Waals surface area contributed by atoms with Crippen LogP contribution in [0.15, 0.2) is 6.20 Å². The van der Waals surface area contributed by atoms with Crippen LogP contribution in [0.25, 0.3) is 0 Å². The normalized spacial score (nSPS) is 10.3. The molecule has 0 unspecified atom stereocenters. The molecule has 0 saturated heterocycles.